The number of thioether (sulfide) groups is 1. The average molecular weight is 245 g/mol. The quantitative estimate of drug-likeness (QED) is 0.885. The smallest absolute Gasteiger partial charge is 0.0328 e. The first-order chi connectivity index (χ1) is 8.22. The van der Waals surface area contributed by atoms with E-state index in [0.717, 1.165) is 5.75 Å². The Hall–Kier alpha value is -0.990. The lowest BCUT2D eigenvalue weighted by Crippen LogP contribution is -2.20. The van der Waals surface area contributed by atoms with Crippen molar-refractivity contribution in [2.45, 2.75) is 13.0 Å². The molecule has 2 unspecified atom stereocenters. The predicted molar refractivity (Wildman–Crippen MR) is 78.4 cm³/mol. The fraction of sp³-hybridized carbons (Fsp3) is 0.333. The maximum atomic E-state index is 6.30. The van der Waals surface area contributed by atoms with E-state index >= 15 is 0 Å². The molecule has 0 heterocycles. The van der Waals surface area contributed by atoms with Crippen molar-refractivity contribution in [2.75, 3.05) is 12.0 Å². The Morgan fingerprint density at radius 3 is 2.53 bits per heavy atom. The van der Waals surface area contributed by atoms with E-state index in [0.29, 0.717) is 5.92 Å². The normalized spacial score (nSPS) is 14.8. The Balaban J connectivity index is 2.29. The van der Waals surface area contributed by atoms with Crippen LogP contribution in [0, 0.1) is 5.92 Å². The molecule has 17 heavy (non-hydrogen) atoms. The van der Waals surface area contributed by atoms with Crippen molar-refractivity contribution < 1.29 is 0 Å². The fourth-order valence-corrected chi connectivity index (χ4v) is 2.84. The molecule has 0 fully saturated rings. The Morgan fingerprint density at radius 2 is 1.82 bits per heavy atom. The van der Waals surface area contributed by atoms with Crippen LogP contribution < -0.4 is 5.73 Å². The number of hydrogen-bond donors (Lipinski definition) is 1. The number of rotatable bonds is 4. The molecule has 0 aliphatic rings. The van der Waals surface area contributed by atoms with Gasteiger partial charge in [-0.2, -0.15) is 11.8 Å². The van der Waals surface area contributed by atoms with Gasteiger partial charge in [0.15, 0.2) is 0 Å². The summed E-state index contributed by atoms with van der Waals surface area (Å²) in [4.78, 5) is 0. The van der Waals surface area contributed by atoms with Crippen LogP contribution in [0.4, 0.5) is 0 Å². The molecule has 2 N–H and O–H groups in total. The van der Waals surface area contributed by atoms with Crippen LogP contribution in [0.15, 0.2) is 42.5 Å². The van der Waals surface area contributed by atoms with Gasteiger partial charge < -0.3 is 5.73 Å². The van der Waals surface area contributed by atoms with E-state index in [1.165, 1.54) is 16.3 Å². The molecule has 90 valence electrons. The zero-order valence-corrected chi connectivity index (χ0v) is 11.2. The summed E-state index contributed by atoms with van der Waals surface area (Å²) in [6.07, 6.45) is 2.13. The Kier molecular flexibility index (Phi) is 4.08. The predicted octanol–water partition coefficient (Wildman–Crippen LogP) is 3.84. The molecule has 0 aliphatic carbocycles. The van der Waals surface area contributed by atoms with Crippen molar-refractivity contribution in [1.29, 1.82) is 0 Å². The highest BCUT2D eigenvalue weighted by Gasteiger charge is 2.14. The van der Waals surface area contributed by atoms with E-state index in [4.69, 9.17) is 5.73 Å². The van der Waals surface area contributed by atoms with E-state index in [1.54, 1.807) is 0 Å². The van der Waals surface area contributed by atoms with Crippen LogP contribution in [-0.4, -0.2) is 12.0 Å². The van der Waals surface area contributed by atoms with E-state index in [9.17, 15) is 0 Å². The molecular formula is C15H19NS. The summed E-state index contributed by atoms with van der Waals surface area (Å²) in [6.45, 7) is 2.22. The molecule has 0 saturated carbocycles. The molecule has 2 heteroatoms. The second kappa shape index (κ2) is 5.56. The molecule has 0 saturated heterocycles. The van der Waals surface area contributed by atoms with Crippen LogP contribution in [0.2, 0.25) is 0 Å². The third kappa shape index (κ3) is 2.82. The molecule has 1 nitrogen and oxygen atoms in total. The second-order valence-corrected chi connectivity index (χ2v) is 5.48. The molecular weight excluding hydrogens is 226 g/mol. The maximum absolute atomic E-state index is 6.30. The first kappa shape index (κ1) is 12.5. The second-order valence-electron chi connectivity index (χ2n) is 4.56. The fourth-order valence-electron chi connectivity index (χ4n) is 2.11. The van der Waals surface area contributed by atoms with Crippen LogP contribution >= 0.6 is 11.8 Å². The number of fused-ring (bicyclic) bond motifs is 1. The van der Waals surface area contributed by atoms with Crippen LogP contribution in [0.25, 0.3) is 10.8 Å². The highest BCUT2D eigenvalue weighted by molar-refractivity contribution is 7.98. The van der Waals surface area contributed by atoms with Gasteiger partial charge in [-0.25, -0.2) is 0 Å². The van der Waals surface area contributed by atoms with Gasteiger partial charge in [-0.15, -0.1) is 0 Å². The minimum atomic E-state index is 0.132. The summed E-state index contributed by atoms with van der Waals surface area (Å²) in [6, 6.07) is 15.1. The van der Waals surface area contributed by atoms with Crippen molar-refractivity contribution in [3.63, 3.8) is 0 Å². The number of nitrogens with two attached hydrogens (primary N) is 1. The number of hydrogen-bond acceptors (Lipinski definition) is 2. The molecule has 2 atom stereocenters. The zero-order valence-electron chi connectivity index (χ0n) is 10.4. The van der Waals surface area contributed by atoms with Gasteiger partial charge in [0.25, 0.3) is 0 Å². The maximum Gasteiger partial charge on any atom is 0.0328 e. The van der Waals surface area contributed by atoms with Crippen molar-refractivity contribution in [2.24, 2.45) is 11.7 Å². The SMILES string of the molecule is CSCC(C)C(N)c1ccc2ccccc2c1. The monoisotopic (exact) mass is 245 g/mol. The molecule has 0 amide bonds. The van der Waals surface area contributed by atoms with Gasteiger partial charge in [-0.05, 0) is 40.3 Å². The van der Waals surface area contributed by atoms with E-state index in [-0.39, 0.29) is 6.04 Å². The van der Waals surface area contributed by atoms with Crippen LogP contribution in [0.5, 0.6) is 0 Å². The third-order valence-electron chi connectivity index (χ3n) is 3.20. The first-order valence-corrected chi connectivity index (χ1v) is 7.35. The topological polar surface area (TPSA) is 26.0 Å². The zero-order chi connectivity index (χ0) is 12.3. The van der Waals surface area contributed by atoms with Gasteiger partial charge in [-0.3, -0.25) is 0 Å². The summed E-state index contributed by atoms with van der Waals surface area (Å²) in [5.74, 6) is 1.61. The standard InChI is InChI=1S/C15H19NS/c1-11(10-17-2)15(16)14-8-7-12-5-3-4-6-13(12)9-14/h3-9,11,15H,10,16H2,1-2H3. The van der Waals surface area contributed by atoms with Crippen LogP contribution in [-0.2, 0) is 0 Å². The van der Waals surface area contributed by atoms with Gasteiger partial charge >= 0.3 is 0 Å². The van der Waals surface area contributed by atoms with Crippen LogP contribution in [0.3, 0.4) is 0 Å². The van der Waals surface area contributed by atoms with Gasteiger partial charge in [0, 0.05) is 6.04 Å². The summed E-state index contributed by atoms with van der Waals surface area (Å²) < 4.78 is 0. The first-order valence-electron chi connectivity index (χ1n) is 5.95. The summed E-state index contributed by atoms with van der Waals surface area (Å²) in [5, 5.41) is 2.55. The summed E-state index contributed by atoms with van der Waals surface area (Å²) >= 11 is 1.86. The molecule has 0 aliphatic heterocycles. The lowest BCUT2D eigenvalue weighted by atomic mass is 9.95. The van der Waals surface area contributed by atoms with Gasteiger partial charge in [0.05, 0.1) is 0 Å². The summed E-state index contributed by atoms with van der Waals surface area (Å²) in [5.41, 5.74) is 7.54. The Morgan fingerprint density at radius 1 is 1.12 bits per heavy atom. The van der Waals surface area contributed by atoms with E-state index in [2.05, 4.69) is 55.6 Å². The average Bonchev–Trinajstić information content (AvgIpc) is 2.37. The van der Waals surface area contributed by atoms with Gasteiger partial charge in [-0.1, -0.05) is 43.3 Å². The van der Waals surface area contributed by atoms with Crippen molar-refractivity contribution in [3.05, 3.63) is 48.0 Å². The molecule has 0 spiro atoms. The third-order valence-corrected chi connectivity index (χ3v) is 4.06. The molecule has 0 radical (unpaired) electrons. The minimum absolute atomic E-state index is 0.132. The lowest BCUT2D eigenvalue weighted by Gasteiger charge is -2.19. The molecule has 0 aromatic heterocycles. The van der Waals surface area contributed by atoms with E-state index in [1.807, 2.05) is 11.8 Å². The Bertz CT molecular complexity index is 495. The Labute approximate surface area is 107 Å². The highest BCUT2D eigenvalue weighted by atomic mass is 32.2. The largest absolute Gasteiger partial charge is 0.324 e. The molecule has 2 rings (SSSR count). The van der Waals surface area contributed by atoms with Gasteiger partial charge in [0.1, 0.15) is 0 Å². The van der Waals surface area contributed by atoms with Crippen molar-refractivity contribution in [3.8, 4) is 0 Å². The minimum Gasteiger partial charge on any atom is -0.324 e. The van der Waals surface area contributed by atoms with Gasteiger partial charge in [0.2, 0.25) is 0 Å². The summed E-state index contributed by atoms with van der Waals surface area (Å²) in [7, 11) is 0. The van der Waals surface area contributed by atoms with Crippen LogP contribution in [0.1, 0.15) is 18.5 Å². The molecule has 2 aromatic rings. The van der Waals surface area contributed by atoms with Crippen molar-refractivity contribution in [1.82, 2.24) is 0 Å². The van der Waals surface area contributed by atoms with Crippen molar-refractivity contribution >= 4 is 22.5 Å². The lowest BCUT2D eigenvalue weighted by molar-refractivity contribution is 0.523. The molecule has 0 bridgehead atoms. The van der Waals surface area contributed by atoms with E-state index < -0.39 is 0 Å². The highest BCUT2D eigenvalue weighted by Crippen LogP contribution is 2.25. The molecule has 2 aromatic carbocycles. The number of benzene rings is 2.